The molecule has 8 heteroatoms. The number of azide groups is 1. The van der Waals surface area contributed by atoms with E-state index in [9.17, 15) is 10.2 Å². The minimum Gasteiger partial charge on any atom is -0.392 e. The van der Waals surface area contributed by atoms with Crippen molar-refractivity contribution in [3.63, 3.8) is 0 Å². The number of benzene rings is 1. The molecule has 2 aliphatic rings. The molecule has 1 aromatic carbocycles. The molecule has 2 aliphatic heterocycles. The Kier molecular flexibility index (Phi) is 4.82. The number of hydrogen-bond acceptors (Lipinski definition) is 6. The zero-order valence-corrected chi connectivity index (χ0v) is 12.5. The molecule has 124 valence electrons. The topological polar surface area (TPSA) is 117 Å². The van der Waals surface area contributed by atoms with Crippen LogP contribution >= 0.6 is 0 Å². The number of hydrogen-bond donors (Lipinski definition) is 2. The smallest absolute Gasteiger partial charge is 0.186 e. The molecule has 2 saturated heterocycles. The van der Waals surface area contributed by atoms with Crippen molar-refractivity contribution in [2.75, 3.05) is 13.2 Å². The summed E-state index contributed by atoms with van der Waals surface area (Å²) in [6, 6.07) is 8.88. The second-order valence-electron chi connectivity index (χ2n) is 5.85. The summed E-state index contributed by atoms with van der Waals surface area (Å²) in [6.45, 7) is 0.487. The first-order chi connectivity index (χ1) is 11.1. The van der Waals surface area contributed by atoms with Gasteiger partial charge in [-0.1, -0.05) is 35.4 Å². The maximum absolute atomic E-state index is 10.2. The van der Waals surface area contributed by atoms with Crippen LogP contribution in [0.4, 0.5) is 0 Å². The average Bonchev–Trinajstić information content (AvgIpc) is 2.56. The van der Waals surface area contributed by atoms with Gasteiger partial charge in [-0.05, 0) is 11.1 Å². The molecule has 0 aromatic heterocycles. The predicted molar refractivity (Wildman–Crippen MR) is 79.2 cm³/mol. The van der Waals surface area contributed by atoms with Crippen LogP contribution in [0.2, 0.25) is 0 Å². The van der Waals surface area contributed by atoms with Crippen LogP contribution in [-0.4, -0.2) is 53.6 Å². The van der Waals surface area contributed by atoms with Crippen molar-refractivity contribution in [3.05, 3.63) is 46.3 Å². The fourth-order valence-corrected chi connectivity index (χ4v) is 3.06. The molecule has 0 aliphatic carbocycles. The van der Waals surface area contributed by atoms with Gasteiger partial charge in [0, 0.05) is 11.3 Å². The summed E-state index contributed by atoms with van der Waals surface area (Å²) in [5, 5.41) is 24.0. The Morgan fingerprint density at radius 2 is 2.13 bits per heavy atom. The van der Waals surface area contributed by atoms with Gasteiger partial charge in [0.1, 0.15) is 5.60 Å². The lowest BCUT2D eigenvalue weighted by Gasteiger charge is -2.51. The lowest BCUT2D eigenvalue weighted by molar-refractivity contribution is -0.343. The Morgan fingerprint density at radius 1 is 1.35 bits per heavy atom. The highest BCUT2D eigenvalue weighted by atomic mass is 16.7. The van der Waals surface area contributed by atoms with Gasteiger partial charge in [0.2, 0.25) is 0 Å². The maximum atomic E-state index is 10.2. The summed E-state index contributed by atoms with van der Waals surface area (Å²) in [5.41, 5.74) is 8.44. The molecule has 0 unspecified atom stereocenters. The molecular formula is C15H19N3O5. The van der Waals surface area contributed by atoms with Crippen molar-refractivity contribution in [2.45, 2.75) is 43.2 Å². The van der Waals surface area contributed by atoms with E-state index in [-0.39, 0.29) is 19.6 Å². The number of aliphatic hydroxyl groups excluding tert-OH is 2. The zero-order valence-electron chi connectivity index (χ0n) is 12.5. The Hall–Kier alpha value is -1.67. The van der Waals surface area contributed by atoms with Gasteiger partial charge in [-0.25, -0.2) is 0 Å². The van der Waals surface area contributed by atoms with Crippen LogP contribution in [0, 0.1) is 0 Å². The van der Waals surface area contributed by atoms with Gasteiger partial charge in [-0.3, -0.25) is 0 Å². The van der Waals surface area contributed by atoms with Gasteiger partial charge < -0.3 is 24.4 Å². The summed E-state index contributed by atoms with van der Waals surface area (Å²) in [7, 11) is 0. The predicted octanol–water partition coefficient (Wildman–Crippen LogP) is 1.12. The monoisotopic (exact) mass is 321 g/mol. The molecule has 5 atom stereocenters. The minimum atomic E-state index is -1.20. The molecule has 0 saturated carbocycles. The maximum Gasteiger partial charge on any atom is 0.186 e. The Balaban J connectivity index is 1.67. The van der Waals surface area contributed by atoms with Gasteiger partial charge in [-0.15, -0.1) is 0 Å². The standard InChI is InChI=1S/C15H19N3O5/c16-18-17-13-11(19)6-15(14(20)22-8-12(13)23-15)9-21-7-10-4-2-1-3-5-10/h1-5,11-14,19-20H,6-9H2/t11-,12+,13-,14-,15-/m1/s1. The second-order valence-corrected chi connectivity index (χ2v) is 5.85. The van der Waals surface area contributed by atoms with Gasteiger partial charge in [0.25, 0.3) is 0 Å². The molecule has 8 nitrogen and oxygen atoms in total. The van der Waals surface area contributed by atoms with Gasteiger partial charge in [0.05, 0.1) is 38.1 Å². The summed E-state index contributed by atoms with van der Waals surface area (Å²) >= 11 is 0. The third kappa shape index (κ3) is 3.32. The van der Waals surface area contributed by atoms with E-state index in [4.69, 9.17) is 19.7 Å². The molecule has 23 heavy (non-hydrogen) atoms. The number of nitrogens with zero attached hydrogens (tertiary/aromatic N) is 3. The number of ether oxygens (including phenoxy) is 3. The van der Waals surface area contributed by atoms with Crippen LogP contribution in [0.3, 0.4) is 0 Å². The molecule has 1 aromatic rings. The first-order valence-corrected chi connectivity index (χ1v) is 7.46. The molecule has 0 spiro atoms. The van der Waals surface area contributed by atoms with Crippen LogP contribution in [0.1, 0.15) is 12.0 Å². The van der Waals surface area contributed by atoms with Crippen molar-refractivity contribution in [2.24, 2.45) is 5.11 Å². The minimum absolute atomic E-state index is 0.0579. The Labute approximate surface area is 133 Å². The van der Waals surface area contributed by atoms with E-state index < -0.39 is 30.1 Å². The molecule has 0 amide bonds. The molecule has 2 heterocycles. The van der Waals surface area contributed by atoms with Crippen LogP contribution in [0.15, 0.2) is 35.4 Å². The Bertz CT molecular complexity index is 576. The second kappa shape index (κ2) is 6.84. The molecule has 0 radical (unpaired) electrons. The zero-order chi connectivity index (χ0) is 16.3. The van der Waals surface area contributed by atoms with E-state index in [1.807, 2.05) is 30.3 Å². The van der Waals surface area contributed by atoms with Crippen molar-refractivity contribution in [3.8, 4) is 0 Å². The lowest BCUT2D eigenvalue weighted by Crippen LogP contribution is -2.66. The largest absolute Gasteiger partial charge is 0.392 e. The number of rotatable bonds is 5. The van der Waals surface area contributed by atoms with E-state index in [2.05, 4.69) is 10.0 Å². The SMILES string of the molecule is [N-]=[N+]=N[C@@H]1[C@H](O)C[C@]2(COCc3ccccc3)O[C@H]1CO[C@H]2O. The van der Waals surface area contributed by atoms with Gasteiger partial charge >= 0.3 is 0 Å². The first kappa shape index (κ1) is 16.2. The van der Waals surface area contributed by atoms with E-state index in [1.165, 1.54) is 0 Å². The van der Waals surface area contributed by atoms with E-state index >= 15 is 0 Å². The summed E-state index contributed by atoms with van der Waals surface area (Å²) in [6.07, 6.45) is -2.64. The quantitative estimate of drug-likeness (QED) is 0.479. The van der Waals surface area contributed by atoms with Crippen molar-refractivity contribution < 1.29 is 24.4 Å². The van der Waals surface area contributed by atoms with E-state index in [1.54, 1.807) is 0 Å². The van der Waals surface area contributed by atoms with E-state index in [0.29, 0.717) is 6.61 Å². The first-order valence-electron chi connectivity index (χ1n) is 7.46. The van der Waals surface area contributed by atoms with Gasteiger partial charge in [0.15, 0.2) is 6.29 Å². The summed E-state index contributed by atoms with van der Waals surface area (Å²) < 4.78 is 16.9. The van der Waals surface area contributed by atoms with Crippen LogP contribution in [0.5, 0.6) is 0 Å². The molecule has 2 bridgehead atoms. The van der Waals surface area contributed by atoms with Crippen LogP contribution < -0.4 is 0 Å². The van der Waals surface area contributed by atoms with Crippen molar-refractivity contribution in [1.82, 2.24) is 0 Å². The normalized spacial score (nSPS) is 36.3. The third-order valence-electron chi connectivity index (χ3n) is 4.23. The van der Waals surface area contributed by atoms with Gasteiger partial charge in [-0.2, -0.15) is 0 Å². The molecular weight excluding hydrogens is 302 g/mol. The molecule has 2 fully saturated rings. The summed E-state index contributed by atoms with van der Waals surface area (Å²) in [4.78, 5) is 2.74. The fraction of sp³-hybridized carbons (Fsp3) is 0.600. The molecule has 2 N–H and O–H groups in total. The van der Waals surface area contributed by atoms with Crippen molar-refractivity contribution in [1.29, 1.82) is 0 Å². The number of fused-ring (bicyclic) bond motifs is 2. The highest BCUT2D eigenvalue weighted by molar-refractivity contribution is 5.13. The molecule has 3 rings (SSSR count). The van der Waals surface area contributed by atoms with Crippen LogP contribution in [-0.2, 0) is 20.8 Å². The summed E-state index contributed by atoms with van der Waals surface area (Å²) in [5.74, 6) is 0. The highest BCUT2D eigenvalue weighted by Gasteiger charge is 2.54. The number of aliphatic hydroxyl groups is 2. The third-order valence-corrected chi connectivity index (χ3v) is 4.23. The lowest BCUT2D eigenvalue weighted by atomic mass is 9.85. The fourth-order valence-electron chi connectivity index (χ4n) is 3.06. The average molecular weight is 321 g/mol. The van der Waals surface area contributed by atoms with E-state index in [0.717, 1.165) is 5.56 Å². The van der Waals surface area contributed by atoms with Crippen LogP contribution in [0.25, 0.3) is 10.4 Å². The Morgan fingerprint density at radius 3 is 2.87 bits per heavy atom. The highest BCUT2D eigenvalue weighted by Crippen LogP contribution is 2.38. The van der Waals surface area contributed by atoms with Crippen molar-refractivity contribution >= 4 is 0 Å².